The number of hydrogen-bond donors (Lipinski definition) is 1. The molecule has 1 aromatic heterocycles. The number of thioether (sulfide) groups is 1. The zero-order chi connectivity index (χ0) is 21.7. The molecule has 0 atom stereocenters. The molecule has 0 aliphatic heterocycles. The second-order valence-corrected chi connectivity index (χ2v) is 7.19. The zero-order valence-electron chi connectivity index (χ0n) is 15.8. The fourth-order valence-electron chi connectivity index (χ4n) is 2.55. The molecule has 3 aromatic rings. The maximum atomic E-state index is 13.0. The Bertz CT molecular complexity index is 996. The summed E-state index contributed by atoms with van der Waals surface area (Å²) in [5.74, 6) is 5.92. The standard InChI is InChI=1S/C19H18F3N5O2S/c1-26(10-12-2-6-14(20)7-3-12)16(28)11-30-19-25-24-17(27(19)23)13-4-8-15(9-5-13)29-18(21)22/h2-9,18H,10-11,23H2,1H3. The van der Waals surface area contributed by atoms with Crippen LogP contribution in [-0.4, -0.2) is 45.1 Å². The molecule has 0 aliphatic rings. The lowest BCUT2D eigenvalue weighted by atomic mass is 10.2. The number of rotatable bonds is 8. The Morgan fingerprint density at radius 3 is 2.47 bits per heavy atom. The first-order valence-electron chi connectivity index (χ1n) is 8.70. The summed E-state index contributed by atoms with van der Waals surface area (Å²) in [4.78, 5) is 13.9. The lowest BCUT2D eigenvalue weighted by Gasteiger charge is -2.17. The highest BCUT2D eigenvalue weighted by Crippen LogP contribution is 2.24. The second kappa shape index (κ2) is 9.53. The van der Waals surface area contributed by atoms with E-state index in [2.05, 4.69) is 14.9 Å². The topological polar surface area (TPSA) is 86.3 Å². The molecule has 1 heterocycles. The van der Waals surface area contributed by atoms with Crippen LogP contribution in [0.3, 0.4) is 0 Å². The average molecular weight is 437 g/mol. The van der Waals surface area contributed by atoms with Gasteiger partial charge >= 0.3 is 6.61 Å². The summed E-state index contributed by atoms with van der Waals surface area (Å²) in [6, 6.07) is 11.7. The molecule has 30 heavy (non-hydrogen) atoms. The van der Waals surface area contributed by atoms with Gasteiger partial charge in [0.15, 0.2) is 5.82 Å². The van der Waals surface area contributed by atoms with Gasteiger partial charge in [-0.1, -0.05) is 23.9 Å². The lowest BCUT2D eigenvalue weighted by molar-refractivity contribution is -0.127. The van der Waals surface area contributed by atoms with Crippen LogP contribution in [0.1, 0.15) is 5.56 Å². The summed E-state index contributed by atoms with van der Waals surface area (Å²) < 4.78 is 43.0. The van der Waals surface area contributed by atoms with Gasteiger partial charge < -0.3 is 15.5 Å². The van der Waals surface area contributed by atoms with Crippen LogP contribution in [0.15, 0.2) is 53.7 Å². The van der Waals surface area contributed by atoms with Crippen molar-refractivity contribution < 1.29 is 22.7 Å². The van der Waals surface area contributed by atoms with E-state index in [-0.39, 0.29) is 23.2 Å². The van der Waals surface area contributed by atoms with E-state index >= 15 is 0 Å². The molecule has 11 heteroatoms. The van der Waals surface area contributed by atoms with Gasteiger partial charge in [0, 0.05) is 19.2 Å². The monoisotopic (exact) mass is 437 g/mol. The van der Waals surface area contributed by atoms with Crippen LogP contribution in [-0.2, 0) is 11.3 Å². The smallest absolute Gasteiger partial charge is 0.387 e. The van der Waals surface area contributed by atoms with Gasteiger partial charge in [-0.05, 0) is 42.0 Å². The van der Waals surface area contributed by atoms with Crippen molar-refractivity contribution in [2.45, 2.75) is 18.3 Å². The summed E-state index contributed by atoms with van der Waals surface area (Å²) in [5, 5.41) is 8.29. The molecule has 2 N–H and O–H groups in total. The summed E-state index contributed by atoms with van der Waals surface area (Å²) in [5.41, 5.74) is 1.36. The van der Waals surface area contributed by atoms with Crippen LogP contribution >= 0.6 is 11.8 Å². The van der Waals surface area contributed by atoms with Gasteiger partial charge in [0.1, 0.15) is 11.6 Å². The van der Waals surface area contributed by atoms with E-state index in [4.69, 9.17) is 5.84 Å². The molecule has 0 radical (unpaired) electrons. The van der Waals surface area contributed by atoms with Gasteiger partial charge in [0.05, 0.1) is 5.75 Å². The van der Waals surface area contributed by atoms with Crippen LogP contribution in [0.25, 0.3) is 11.4 Å². The van der Waals surface area contributed by atoms with Crippen molar-refractivity contribution in [2.24, 2.45) is 0 Å². The van der Waals surface area contributed by atoms with Crippen molar-refractivity contribution in [1.82, 2.24) is 19.8 Å². The molecule has 0 saturated heterocycles. The van der Waals surface area contributed by atoms with Crippen molar-refractivity contribution in [3.05, 3.63) is 59.9 Å². The molecule has 158 valence electrons. The van der Waals surface area contributed by atoms with Crippen LogP contribution in [0, 0.1) is 5.82 Å². The molecule has 0 fully saturated rings. The number of hydrogen-bond acceptors (Lipinski definition) is 6. The summed E-state index contributed by atoms with van der Waals surface area (Å²) >= 11 is 1.11. The van der Waals surface area contributed by atoms with E-state index in [1.54, 1.807) is 19.2 Å². The second-order valence-electron chi connectivity index (χ2n) is 6.24. The van der Waals surface area contributed by atoms with E-state index in [9.17, 15) is 18.0 Å². The number of carbonyl (C=O) groups excluding carboxylic acids is 1. The van der Waals surface area contributed by atoms with Crippen molar-refractivity contribution in [3.63, 3.8) is 0 Å². The normalized spacial score (nSPS) is 11.0. The highest BCUT2D eigenvalue weighted by molar-refractivity contribution is 7.99. The minimum Gasteiger partial charge on any atom is -0.435 e. The van der Waals surface area contributed by atoms with Crippen molar-refractivity contribution >= 4 is 17.7 Å². The van der Waals surface area contributed by atoms with Gasteiger partial charge in [-0.2, -0.15) is 8.78 Å². The molecule has 2 aromatic carbocycles. The Balaban J connectivity index is 1.59. The average Bonchev–Trinajstić information content (AvgIpc) is 3.08. The van der Waals surface area contributed by atoms with Gasteiger partial charge in [-0.3, -0.25) is 4.79 Å². The first kappa shape index (κ1) is 21.5. The van der Waals surface area contributed by atoms with E-state index in [1.165, 1.54) is 46.0 Å². The minimum absolute atomic E-state index is 0.0150. The Labute approximate surface area is 174 Å². The predicted molar refractivity (Wildman–Crippen MR) is 106 cm³/mol. The maximum absolute atomic E-state index is 13.0. The quantitative estimate of drug-likeness (QED) is 0.430. The molecule has 0 spiro atoms. The molecule has 0 bridgehead atoms. The van der Waals surface area contributed by atoms with E-state index < -0.39 is 6.61 Å². The SMILES string of the molecule is CN(Cc1ccc(F)cc1)C(=O)CSc1nnc(-c2ccc(OC(F)F)cc2)n1N. The van der Waals surface area contributed by atoms with Gasteiger partial charge in [-0.15, -0.1) is 10.2 Å². The molecular formula is C19H18F3N5O2S. The van der Waals surface area contributed by atoms with Gasteiger partial charge in [-0.25, -0.2) is 9.07 Å². The highest BCUT2D eigenvalue weighted by Gasteiger charge is 2.16. The third-order valence-corrected chi connectivity index (χ3v) is 5.01. The van der Waals surface area contributed by atoms with Crippen molar-refractivity contribution in [3.8, 4) is 17.1 Å². The number of halogens is 3. The number of nitrogen functional groups attached to an aromatic ring is 1. The van der Waals surface area contributed by atoms with Crippen molar-refractivity contribution in [2.75, 3.05) is 18.6 Å². The Morgan fingerprint density at radius 1 is 1.17 bits per heavy atom. The lowest BCUT2D eigenvalue weighted by Crippen LogP contribution is -2.28. The van der Waals surface area contributed by atoms with E-state index in [1.807, 2.05) is 0 Å². The number of amides is 1. The highest BCUT2D eigenvalue weighted by atomic mass is 32.2. The molecule has 0 saturated carbocycles. The fraction of sp³-hybridized carbons (Fsp3) is 0.211. The molecule has 0 aliphatic carbocycles. The first-order chi connectivity index (χ1) is 14.3. The molecule has 7 nitrogen and oxygen atoms in total. The molecular weight excluding hydrogens is 419 g/mol. The van der Waals surface area contributed by atoms with Crippen LogP contribution in [0.2, 0.25) is 0 Å². The van der Waals surface area contributed by atoms with Gasteiger partial charge in [0.2, 0.25) is 11.1 Å². The molecule has 3 rings (SSSR count). The summed E-state index contributed by atoms with van der Waals surface area (Å²) in [6.07, 6.45) is 0. The number of aromatic nitrogens is 3. The Hall–Kier alpha value is -3.21. The largest absolute Gasteiger partial charge is 0.435 e. The Kier molecular flexibility index (Phi) is 6.83. The number of nitrogens with zero attached hydrogens (tertiary/aromatic N) is 4. The third kappa shape index (κ3) is 5.44. The number of benzene rings is 2. The van der Waals surface area contributed by atoms with E-state index in [0.717, 1.165) is 17.3 Å². The first-order valence-corrected chi connectivity index (χ1v) is 9.69. The van der Waals surface area contributed by atoms with Crippen molar-refractivity contribution in [1.29, 1.82) is 0 Å². The minimum atomic E-state index is -2.91. The van der Waals surface area contributed by atoms with Crippen LogP contribution < -0.4 is 10.6 Å². The molecule has 1 amide bonds. The van der Waals surface area contributed by atoms with Gasteiger partial charge in [0.25, 0.3) is 0 Å². The third-order valence-electron chi connectivity index (χ3n) is 4.09. The maximum Gasteiger partial charge on any atom is 0.387 e. The summed E-state index contributed by atoms with van der Waals surface area (Å²) in [6.45, 7) is -2.57. The fourth-order valence-corrected chi connectivity index (χ4v) is 3.34. The number of carbonyl (C=O) groups is 1. The predicted octanol–water partition coefficient (Wildman–Crippen LogP) is 3.15. The molecule has 0 unspecified atom stereocenters. The summed E-state index contributed by atoms with van der Waals surface area (Å²) in [7, 11) is 1.65. The zero-order valence-corrected chi connectivity index (χ0v) is 16.7. The Morgan fingerprint density at radius 2 is 1.83 bits per heavy atom. The van der Waals surface area contributed by atoms with E-state index in [0.29, 0.717) is 23.1 Å². The number of alkyl halides is 2. The van der Waals surface area contributed by atoms with Crippen LogP contribution in [0.4, 0.5) is 13.2 Å². The van der Waals surface area contributed by atoms with Crippen LogP contribution in [0.5, 0.6) is 5.75 Å². The number of nitrogens with two attached hydrogens (primary N) is 1. The number of ether oxygens (including phenoxy) is 1.